The number of halogens is 1. The monoisotopic (exact) mass is 317 g/mol. The third-order valence-electron chi connectivity index (χ3n) is 3.03. The first-order valence-corrected chi connectivity index (χ1v) is 6.97. The summed E-state index contributed by atoms with van der Waals surface area (Å²) < 4.78 is 10.7. The van der Waals surface area contributed by atoms with Gasteiger partial charge in [0.1, 0.15) is 0 Å². The first-order valence-electron chi connectivity index (χ1n) is 6.18. The lowest BCUT2D eigenvalue weighted by atomic mass is 10.1. The van der Waals surface area contributed by atoms with Crippen LogP contribution in [0.25, 0.3) is 0 Å². The van der Waals surface area contributed by atoms with Gasteiger partial charge in [-0.15, -0.1) is 0 Å². The van der Waals surface area contributed by atoms with E-state index < -0.39 is 0 Å². The number of ether oxygens (including phenoxy) is 1. The number of carbonyl (C=O) groups excluding carboxylic acids is 1. The summed E-state index contributed by atoms with van der Waals surface area (Å²) in [6, 6.07) is 1.92. The predicted octanol–water partition coefficient (Wildman–Crippen LogP) is 3.32. The summed E-state index contributed by atoms with van der Waals surface area (Å²) >= 11 is 3.25. The molecule has 0 bridgehead atoms. The maximum Gasteiger partial charge on any atom is 0.258 e. The highest BCUT2D eigenvalue weighted by atomic mass is 79.9. The topological polar surface area (TPSA) is 42.7 Å². The van der Waals surface area contributed by atoms with E-state index in [9.17, 15) is 4.79 Å². The molecule has 18 heavy (non-hydrogen) atoms. The lowest BCUT2D eigenvalue weighted by Crippen LogP contribution is -2.41. The Morgan fingerprint density at radius 2 is 2.17 bits per heavy atom. The Morgan fingerprint density at radius 1 is 1.50 bits per heavy atom. The van der Waals surface area contributed by atoms with Gasteiger partial charge in [-0.05, 0) is 34.8 Å². The van der Waals surface area contributed by atoms with Gasteiger partial charge in [-0.2, -0.15) is 0 Å². The molecule has 0 fully saturated rings. The van der Waals surface area contributed by atoms with Crippen molar-refractivity contribution in [3.05, 3.63) is 22.6 Å². The third-order valence-corrected chi connectivity index (χ3v) is 3.64. The van der Waals surface area contributed by atoms with Gasteiger partial charge in [-0.3, -0.25) is 4.79 Å². The molecule has 1 aromatic heterocycles. The minimum absolute atomic E-state index is 0.0126. The molecule has 0 radical (unpaired) electrons. The van der Waals surface area contributed by atoms with Gasteiger partial charge in [-0.1, -0.05) is 13.8 Å². The molecule has 0 saturated heterocycles. The number of hydrogen-bond acceptors (Lipinski definition) is 3. The minimum Gasteiger partial charge on any atom is -0.457 e. The first kappa shape index (κ1) is 15.2. The van der Waals surface area contributed by atoms with Crippen molar-refractivity contribution in [1.29, 1.82) is 0 Å². The highest BCUT2D eigenvalue weighted by molar-refractivity contribution is 9.10. The van der Waals surface area contributed by atoms with E-state index in [0.29, 0.717) is 23.4 Å². The Balaban J connectivity index is 2.88. The molecule has 0 spiro atoms. The maximum atomic E-state index is 12.5. The van der Waals surface area contributed by atoms with Crippen molar-refractivity contribution in [2.75, 3.05) is 20.3 Å². The van der Waals surface area contributed by atoms with Crippen LogP contribution in [0.4, 0.5) is 0 Å². The molecule has 1 aromatic rings. The quantitative estimate of drug-likeness (QED) is 0.774. The fourth-order valence-electron chi connectivity index (χ4n) is 1.97. The fourth-order valence-corrected chi connectivity index (χ4v) is 2.38. The second-order valence-electron chi connectivity index (χ2n) is 4.07. The van der Waals surface area contributed by atoms with Crippen LogP contribution in [0, 0.1) is 0 Å². The molecule has 1 rings (SSSR count). The van der Waals surface area contributed by atoms with Crippen LogP contribution in [-0.2, 0) is 4.74 Å². The summed E-state index contributed by atoms with van der Waals surface area (Å²) in [4.78, 5) is 14.3. The number of furan rings is 1. The molecule has 0 N–H and O–H groups in total. The maximum absolute atomic E-state index is 12.5. The predicted molar refractivity (Wildman–Crippen MR) is 73.7 cm³/mol. The van der Waals surface area contributed by atoms with Crippen LogP contribution in [-0.4, -0.2) is 37.1 Å². The smallest absolute Gasteiger partial charge is 0.258 e. The van der Waals surface area contributed by atoms with Gasteiger partial charge in [0, 0.05) is 19.7 Å². The Hall–Kier alpha value is -0.810. The number of amides is 1. The average Bonchev–Trinajstić information content (AvgIpc) is 2.80. The zero-order chi connectivity index (χ0) is 13.5. The minimum atomic E-state index is -0.0126. The van der Waals surface area contributed by atoms with Gasteiger partial charge < -0.3 is 14.1 Å². The van der Waals surface area contributed by atoms with Crippen LogP contribution in [0.2, 0.25) is 0 Å². The number of carbonyl (C=O) groups is 1. The molecule has 5 heteroatoms. The van der Waals surface area contributed by atoms with Gasteiger partial charge in [0.25, 0.3) is 5.91 Å². The zero-order valence-corrected chi connectivity index (χ0v) is 12.7. The summed E-state index contributed by atoms with van der Waals surface area (Å²) in [6.45, 7) is 5.31. The van der Waals surface area contributed by atoms with Crippen molar-refractivity contribution in [2.45, 2.75) is 32.7 Å². The van der Waals surface area contributed by atoms with E-state index in [1.54, 1.807) is 13.2 Å². The largest absolute Gasteiger partial charge is 0.457 e. The Kier molecular flexibility index (Phi) is 6.43. The van der Waals surface area contributed by atoms with Crippen molar-refractivity contribution >= 4 is 21.8 Å². The molecule has 1 heterocycles. The van der Waals surface area contributed by atoms with Crippen molar-refractivity contribution in [3.8, 4) is 0 Å². The molecule has 1 amide bonds. The van der Waals surface area contributed by atoms with E-state index in [1.807, 2.05) is 4.90 Å². The van der Waals surface area contributed by atoms with E-state index in [0.717, 1.165) is 12.8 Å². The molecule has 0 aromatic carbocycles. The number of methoxy groups -OCH3 is 1. The molecule has 0 aliphatic rings. The van der Waals surface area contributed by atoms with Crippen molar-refractivity contribution < 1.29 is 13.9 Å². The van der Waals surface area contributed by atoms with Gasteiger partial charge >= 0.3 is 0 Å². The Morgan fingerprint density at radius 3 is 2.61 bits per heavy atom. The Bertz CT molecular complexity index is 374. The van der Waals surface area contributed by atoms with E-state index in [4.69, 9.17) is 9.15 Å². The highest BCUT2D eigenvalue weighted by Gasteiger charge is 2.24. The lowest BCUT2D eigenvalue weighted by molar-refractivity contribution is 0.0587. The van der Waals surface area contributed by atoms with Crippen LogP contribution in [0.5, 0.6) is 0 Å². The summed E-state index contributed by atoms with van der Waals surface area (Å²) in [5, 5.41) is 0. The summed E-state index contributed by atoms with van der Waals surface area (Å²) in [7, 11) is 1.64. The van der Waals surface area contributed by atoms with Crippen LogP contribution < -0.4 is 0 Å². The molecule has 0 aliphatic carbocycles. The van der Waals surface area contributed by atoms with Gasteiger partial charge in [0.05, 0.1) is 18.4 Å². The van der Waals surface area contributed by atoms with Crippen LogP contribution in [0.15, 0.2) is 21.4 Å². The lowest BCUT2D eigenvalue weighted by Gasteiger charge is -2.30. The summed E-state index contributed by atoms with van der Waals surface area (Å²) in [5.41, 5.74) is 0.568. The number of hydrogen-bond donors (Lipinski definition) is 0. The fraction of sp³-hybridized carbons (Fsp3) is 0.615. The van der Waals surface area contributed by atoms with Crippen molar-refractivity contribution in [1.82, 2.24) is 4.90 Å². The average molecular weight is 318 g/mol. The Labute approximate surface area is 116 Å². The molecule has 0 saturated carbocycles. The second kappa shape index (κ2) is 7.59. The molecule has 0 aliphatic heterocycles. The molecular weight excluding hydrogens is 298 g/mol. The van der Waals surface area contributed by atoms with Crippen LogP contribution in [0.3, 0.4) is 0 Å². The van der Waals surface area contributed by atoms with Crippen molar-refractivity contribution in [2.24, 2.45) is 0 Å². The normalized spacial score (nSPS) is 10.9. The highest BCUT2D eigenvalue weighted by Crippen LogP contribution is 2.21. The zero-order valence-electron chi connectivity index (χ0n) is 11.1. The third kappa shape index (κ3) is 3.59. The second-order valence-corrected chi connectivity index (χ2v) is 4.79. The molecule has 0 atom stereocenters. The number of nitrogens with zero attached hydrogens (tertiary/aromatic N) is 1. The van der Waals surface area contributed by atoms with Gasteiger partial charge in [-0.25, -0.2) is 0 Å². The molecule has 102 valence electrons. The molecular formula is C13H20BrNO3. The number of rotatable bonds is 7. The van der Waals surface area contributed by atoms with E-state index >= 15 is 0 Å². The summed E-state index contributed by atoms with van der Waals surface area (Å²) in [6.07, 6.45) is 3.38. The van der Waals surface area contributed by atoms with E-state index in [1.165, 1.54) is 6.26 Å². The van der Waals surface area contributed by atoms with Gasteiger partial charge in [0.2, 0.25) is 0 Å². The van der Waals surface area contributed by atoms with E-state index in [2.05, 4.69) is 29.8 Å². The van der Waals surface area contributed by atoms with Gasteiger partial charge in [0.15, 0.2) is 4.67 Å². The summed E-state index contributed by atoms with van der Waals surface area (Å²) in [5.74, 6) is -0.0126. The van der Waals surface area contributed by atoms with Crippen molar-refractivity contribution in [3.63, 3.8) is 0 Å². The standard InChI is InChI=1S/C13H20BrNO3/c1-4-10(5-2)15(7-9-17-3)13(16)11-6-8-18-12(11)14/h6,8,10H,4-5,7,9H2,1-3H3. The van der Waals surface area contributed by atoms with Crippen LogP contribution >= 0.6 is 15.9 Å². The SMILES string of the molecule is CCC(CC)N(CCOC)C(=O)c1ccoc1Br. The molecule has 4 nitrogen and oxygen atoms in total. The van der Waals surface area contributed by atoms with Crippen LogP contribution in [0.1, 0.15) is 37.0 Å². The molecule has 0 unspecified atom stereocenters. The van der Waals surface area contributed by atoms with E-state index in [-0.39, 0.29) is 11.9 Å². The first-order chi connectivity index (χ1) is 8.65.